The van der Waals surface area contributed by atoms with E-state index in [1.807, 2.05) is 13.8 Å². The van der Waals surface area contributed by atoms with Crippen molar-refractivity contribution >= 4 is 34.6 Å². The largest absolute Gasteiger partial charge is 0.465 e. The first-order chi connectivity index (χ1) is 19.3. The minimum absolute atomic E-state index is 0.0291. The van der Waals surface area contributed by atoms with Crippen LogP contribution in [-0.4, -0.2) is 75.0 Å². The average Bonchev–Trinajstić information content (AvgIpc) is 3.29. The van der Waals surface area contributed by atoms with Crippen molar-refractivity contribution < 1.29 is 23.9 Å². The summed E-state index contributed by atoms with van der Waals surface area (Å²) in [6, 6.07) is 5.91. The van der Waals surface area contributed by atoms with Gasteiger partial charge < -0.3 is 29.8 Å². The maximum atomic E-state index is 14.2. The van der Waals surface area contributed by atoms with Crippen molar-refractivity contribution in [1.82, 2.24) is 24.3 Å². The van der Waals surface area contributed by atoms with Crippen LogP contribution in [0.1, 0.15) is 38.1 Å². The number of allylic oxidation sites excluding steroid dienone is 1. The fourth-order valence-corrected chi connectivity index (χ4v) is 4.37. The van der Waals surface area contributed by atoms with E-state index in [1.54, 1.807) is 32.4 Å². The summed E-state index contributed by atoms with van der Waals surface area (Å²) in [5.74, 6) is -1.10. The number of aromatic amines is 1. The lowest BCUT2D eigenvalue weighted by Gasteiger charge is -2.21. The van der Waals surface area contributed by atoms with Gasteiger partial charge in [0.1, 0.15) is 17.3 Å². The maximum absolute atomic E-state index is 14.2. The fourth-order valence-electron chi connectivity index (χ4n) is 4.37. The van der Waals surface area contributed by atoms with E-state index in [4.69, 9.17) is 0 Å². The van der Waals surface area contributed by atoms with E-state index >= 15 is 0 Å². The quantitative estimate of drug-likeness (QED) is 0.285. The van der Waals surface area contributed by atoms with Gasteiger partial charge in [-0.3, -0.25) is 14.4 Å². The molecule has 0 fully saturated rings. The van der Waals surface area contributed by atoms with Gasteiger partial charge in [0.25, 0.3) is 5.56 Å². The number of hydrogen-bond donors (Lipinski definition) is 3. The molecule has 11 nitrogen and oxygen atoms in total. The van der Waals surface area contributed by atoms with E-state index in [-0.39, 0.29) is 36.9 Å². The number of carbonyl (C=O) groups excluding carboxylic acids is 2. The van der Waals surface area contributed by atoms with Crippen molar-refractivity contribution in [3.05, 3.63) is 70.2 Å². The molecule has 3 amide bonds. The number of nitrogens with zero attached hydrogens (tertiary/aromatic N) is 4. The molecule has 3 rings (SSSR count). The van der Waals surface area contributed by atoms with Gasteiger partial charge in [0.2, 0.25) is 11.8 Å². The number of imidazole rings is 1. The number of H-pyrrole nitrogens is 1. The molecule has 1 aromatic carbocycles. The molecule has 0 bridgehead atoms. The van der Waals surface area contributed by atoms with Crippen molar-refractivity contribution in [2.75, 3.05) is 33.0 Å². The number of aromatic nitrogens is 3. The Balaban J connectivity index is 1.79. The lowest BCUT2D eigenvalue weighted by Crippen LogP contribution is -2.37. The van der Waals surface area contributed by atoms with Crippen LogP contribution in [0, 0.1) is 17.7 Å². The predicted octanol–water partition coefficient (Wildman–Crippen LogP) is 3.70. The van der Waals surface area contributed by atoms with Gasteiger partial charge in [-0.25, -0.2) is 14.2 Å². The number of likely N-dealkylation sites (N-methyl/N-ethyl adjacent to an activating group) is 1. The van der Waals surface area contributed by atoms with Gasteiger partial charge in [0.05, 0.1) is 23.5 Å². The van der Waals surface area contributed by atoms with Gasteiger partial charge in [-0.15, -0.1) is 0 Å². The molecule has 1 atom stereocenters. The van der Waals surface area contributed by atoms with Crippen molar-refractivity contribution in [2.45, 2.75) is 39.7 Å². The molecular weight excluding hydrogens is 531 g/mol. The Morgan fingerprint density at radius 1 is 1.22 bits per heavy atom. The predicted molar refractivity (Wildman–Crippen MR) is 154 cm³/mol. The van der Waals surface area contributed by atoms with E-state index < -0.39 is 23.5 Å². The summed E-state index contributed by atoms with van der Waals surface area (Å²) >= 11 is 0. The zero-order chi connectivity index (χ0) is 30.3. The summed E-state index contributed by atoms with van der Waals surface area (Å²) in [7, 11) is 4.60. The maximum Gasteiger partial charge on any atom is 0.407 e. The van der Waals surface area contributed by atoms with Crippen LogP contribution in [0.2, 0.25) is 0 Å². The molecule has 0 aliphatic heterocycles. The Kier molecular flexibility index (Phi) is 10.4. The summed E-state index contributed by atoms with van der Waals surface area (Å²) < 4.78 is 15.5. The second-order valence-corrected chi connectivity index (χ2v) is 10.7. The summed E-state index contributed by atoms with van der Waals surface area (Å²) in [5, 5.41) is 11.9. The van der Waals surface area contributed by atoms with Crippen LogP contribution in [0.4, 0.5) is 14.9 Å². The van der Waals surface area contributed by atoms with Gasteiger partial charge in [-0.1, -0.05) is 19.9 Å². The molecule has 41 heavy (non-hydrogen) atoms. The van der Waals surface area contributed by atoms with Crippen LogP contribution < -0.4 is 10.9 Å². The number of nitrogens with one attached hydrogen (secondary N) is 2. The van der Waals surface area contributed by atoms with Crippen LogP contribution in [0.5, 0.6) is 0 Å². The number of fused-ring (bicyclic) bond motifs is 1. The molecule has 3 N–H and O–H groups in total. The second kappa shape index (κ2) is 13.7. The van der Waals surface area contributed by atoms with Gasteiger partial charge in [0, 0.05) is 40.0 Å². The Bertz CT molecular complexity index is 1490. The Labute approximate surface area is 237 Å². The van der Waals surface area contributed by atoms with Gasteiger partial charge in [0.15, 0.2) is 0 Å². The zero-order valence-electron chi connectivity index (χ0n) is 24.0. The highest BCUT2D eigenvalue weighted by Gasteiger charge is 2.23. The van der Waals surface area contributed by atoms with Gasteiger partial charge in [-0.05, 0) is 55.0 Å². The third-order valence-corrected chi connectivity index (χ3v) is 6.49. The highest BCUT2D eigenvalue weighted by molar-refractivity contribution is 5.92. The number of hydrogen-bond acceptors (Lipinski definition) is 5. The van der Waals surface area contributed by atoms with Crippen LogP contribution in [-0.2, 0) is 22.6 Å². The first-order valence-corrected chi connectivity index (χ1v) is 13.3. The van der Waals surface area contributed by atoms with E-state index in [0.717, 1.165) is 16.0 Å². The van der Waals surface area contributed by atoms with Crippen molar-refractivity contribution in [2.24, 2.45) is 11.8 Å². The standard InChI is InChI=1S/C29H37FN6O5/c1-18(2)13-20-14-21(30)15-23-26(20)33-24(31-23)17-36-12-8-10-22(28(36)39)32-27(38)19(16-35(5)29(40)41)9-6-7-11-25(37)34(3)4/h7-8,10-12,14-15,18-19H,6,9,13,16-17H2,1-5H3,(H,31,33)(H,32,38)(H,40,41)/b11-7+/t19-/m0/s1. The normalized spacial score (nSPS) is 12.2. The van der Waals surface area contributed by atoms with Gasteiger partial charge in [-0.2, -0.15) is 0 Å². The molecule has 0 aliphatic rings. The lowest BCUT2D eigenvalue weighted by atomic mass is 10.0. The number of carboxylic acid groups (broad SMARTS) is 1. The molecule has 0 saturated heterocycles. The topological polar surface area (TPSA) is 141 Å². The number of carbonyl (C=O) groups is 3. The number of amides is 3. The smallest absolute Gasteiger partial charge is 0.407 e. The van der Waals surface area contributed by atoms with Crippen molar-refractivity contribution in [3.8, 4) is 0 Å². The third-order valence-electron chi connectivity index (χ3n) is 6.49. The summed E-state index contributed by atoms with van der Waals surface area (Å²) in [5.41, 5.74) is 1.55. The number of benzene rings is 1. The summed E-state index contributed by atoms with van der Waals surface area (Å²) in [6.45, 7) is 4.06. The molecule has 2 aromatic heterocycles. The monoisotopic (exact) mass is 568 g/mol. The summed E-state index contributed by atoms with van der Waals surface area (Å²) in [6.07, 6.45) is 4.67. The minimum atomic E-state index is -1.19. The van der Waals surface area contributed by atoms with E-state index in [2.05, 4.69) is 15.3 Å². The Morgan fingerprint density at radius 3 is 2.61 bits per heavy atom. The highest BCUT2D eigenvalue weighted by Crippen LogP contribution is 2.22. The molecule has 0 radical (unpaired) electrons. The summed E-state index contributed by atoms with van der Waals surface area (Å²) in [4.78, 5) is 59.6. The van der Waals surface area contributed by atoms with Crippen molar-refractivity contribution in [3.63, 3.8) is 0 Å². The highest BCUT2D eigenvalue weighted by atomic mass is 19.1. The molecule has 220 valence electrons. The van der Waals surface area contributed by atoms with Crippen LogP contribution >= 0.6 is 0 Å². The van der Waals surface area contributed by atoms with E-state index in [0.29, 0.717) is 30.1 Å². The molecule has 3 aromatic rings. The average molecular weight is 569 g/mol. The Morgan fingerprint density at radius 2 is 1.95 bits per heavy atom. The zero-order valence-corrected chi connectivity index (χ0v) is 24.0. The molecule has 0 unspecified atom stereocenters. The lowest BCUT2D eigenvalue weighted by molar-refractivity contribution is -0.123. The molecule has 0 saturated carbocycles. The van der Waals surface area contributed by atoms with Crippen LogP contribution in [0.3, 0.4) is 0 Å². The first kappa shape index (κ1) is 31.1. The first-order valence-electron chi connectivity index (χ1n) is 13.3. The van der Waals surface area contributed by atoms with Gasteiger partial charge >= 0.3 is 6.09 Å². The third kappa shape index (κ3) is 8.50. The van der Waals surface area contributed by atoms with E-state index in [1.165, 1.54) is 40.8 Å². The number of halogens is 1. The van der Waals surface area contributed by atoms with Crippen molar-refractivity contribution in [1.29, 1.82) is 0 Å². The molecule has 12 heteroatoms. The van der Waals surface area contributed by atoms with Crippen LogP contribution in [0.25, 0.3) is 11.0 Å². The van der Waals surface area contributed by atoms with E-state index in [9.17, 15) is 28.7 Å². The van der Waals surface area contributed by atoms with Crippen LogP contribution in [0.15, 0.2) is 47.4 Å². The Hall–Kier alpha value is -4.48. The molecule has 0 aliphatic carbocycles. The fraction of sp³-hybridized carbons (Fsp3) is 0.414. The number of anilines is 1. The molecule has 0 spiro atoms. The SMILES string of the molecule is CC(C)Cc1cc(F)cc2nc(Cn3cccc(NC(=O)[C@@H](CC/C=C/C(=O)N(C)C)CN(C)C(=O)O)c3=O)[nH]c12. The number of pyridine rings is 1. The second-order valence-electron chi connectivity index (χ2n) is 10.7. The minimum Gasteiger partial charge on any atom is -0.465 e. The molecular formula is C29H37FN6O5. The molecule has 2 heterocycles. The number of rotatable bonds is 12.